The lowest BCUT2D eigenvalue weighted by atomic mass is 10.4. The molecule has 0 spiro atoms. The summed E-state index contributed by atoms with van der Waals surface area (Å²) in [7, 11) is -1.83. The second-order valence-electron chi connectivity index (χ2n) is 4.00. The number of hydrogen-bond acceptors (Lipinski definition) is 5. The predicted molar refractivity (Wildman–Crippen MR) is 70.7 cm³/mol. The molecule has 2 aromatic heterocycles. The predicted octanol–water partition coefficient (Wildman–Crippen LogP) is -0.0817. The van der Waals surface area contributed by atoms with Gasteiger partial charge in [0.05, 0.1) is 5.69 Å². The van der Waals surface area contributed by atoms with Gasteiger partial charge in [0.1, 0.15) is 5.82 Å². The number of nitrogens with zero attached hydrogens (tertiary/aromatic N) is 3. The highest BCUT2D eigenvalue weighted by Gasteiger charge is 2.18. The standard InChI is InChI=1S/C11H15N5O2S/c1-16-8-7-13-10(16)4-6-15-19(17,18)11-9(12)3-2-5-14-11/h2-3,5,7-8,15H,4,6,12H2,1H3. The van der Waals surface area contributed by atoms with Crippen LogP contribution in [0.1, 0.15) is 5.82 Å². The molecule has 0 saturated heterocycles. The lowest BCUT2D eigenvalue weighted by Crippen LogP contribution is -2.28. The van der Waals surface area contributed by atoms with Crippen LogP contribution in [0.3, 0.4) is 0 Å². The van der Waals surface area contributed by atoms with Crippen molar-refractivity contribution >= 4 is 15.7 Å². The van der Waals surface area contributed by atoms with Crippen LogP contribution in [0.25, 0.3) is 0 Å². The first-order chi connectivity index (χ1) is 9.00. The van der Waals surface area contributed by atoms with E-state index in [1.165, 1.54) is 12.3 Å². The average molecular weight is 281 g/mol. The Morgan fingerprint density at radius 1 is 1.37 bits per heavy atom. The fourth-order valence-corrected chi connectivity index (χ4v) is 2.72. The number of nitrogen functional groups attached to an aromatic ring is 1. The number of rotatable bonds is 5. The highest BCUT2D eigenvalue weighted by Crippen LogP contribution is 2.13. The van der Waals surface area contributed by atoms with Crippen molar-refractivity contribution in [2.75, 3.05) is 12.3 Å². The van der Waals surface area contributed by atoms with Crippen LogP contribution in [-0.2, 0) is 23.5 Å². The van der Waals surface area contributed by atoms with Gasteiger partial charge in [-0.25, -0.2) is 23.1 Å². The van der Waals surface area contributed by atoms with Gasteiger partial charge in [-0.1, -0.05) is 0 Å². The number of sulfonamides is 1. The summed E-state index contributed by atoms with van der Waals surface area (Å²) in [6, 6.07) is 3.09. The molecule has 8 heteroatoms. The maximum absolute atomic E-state index is 12.0. The first-order valence-corrected chi connectivity index (χ1v) is 7.15. The Bertz CT molecular complexity index is 665. The first-order valence-electron chi connectivity index (χ1n) is 5.67. The van der Waals surface area contributed by atoms with Gasteiger partial charge in [0.25, 0.3) is 10.0 Å². The smallest absolute Gasteiger partial charge is 0.260 e. The summed E-state index contributed by atoms with van der Waals surface area (Å²) in [5, 5.41) is -0.144. The number of pyridine rings is 1. The molecule has 2 heterocycles. The first kappa shape index (κ1) is 13.5. The molecule has 19 heavy (non-hydrogen) atoms. The highest BCUT2D eigenvalue weighted by molar-refractivity contribution is 7.89. The van der Waals surface area contributed by atoms with E-state index in [9.17, 15) is 8.42 Å². The third kappa shape index (κ3) is 3.09. The van der Waals surface area contributed by atoms with Crippen molar-refractivity contribution in [1.82, 2.24) is 19.3 Å². The number of aryl methyl sites for hydroxylation is 1. The number of imidazole rings is 1. The SMILES string of the molecule is Cn1ccnc1CCNS(=O)(=O)c1ncccc1N. The van der Waals surface area contributed by atoms with E-state index in [2.05, 4.69) is 14.7 Å². The minimum atomic E-state index is -3.68. The molecule has 0 amide bonds. The molecule has 3 N–H and O–H groups in total. The molecule has 102 valence electrons. The van der Waals surface area contributed by atoms with Crippen molar-refractivity contribution < 1.29 is 8.42 Å². The van der Waals surface area contributed by atoms with Crippen molar-refractivity contribution in [3.8, 4) is 0 Å². The Kier molecular flexibility index (Phi) is 3.82. The van der Waals surface area contributed by atoms with E-state index in [0.29, 0.717) is 6.42 Å². The third-order valence-corrected chi connectivity index (χ3v) is 4.05. The minimum absolute atomic E-state index is 0.131. The van der Waals surface area contributed by atoms with Crippen LogP contribution in [0.5, 0.6) is 0 Å². The Morgan fingerprint density at radius 2 is 2.16 bits per heavy atom. The number of nitrogens with two attached hydrogens (primary N) is 1. The van der Waals surface area contributed by atoms with Gasteiger partial charge in [0.2, 0.25) is 0 Å². The van der Waals surface area contributed by atoms with Gasteiger partial charge in [0, 0.05) is 38.6 Å². The van der Waals surface area contributed by atoms with Crippen LogP contribution >= 0.6 is 0 Å². The van der Waals surface area contributed by atoms with Gasteiger partial charge in [-0.15, -0.1) is 0 Å². The van der Waals surface area contributed by atoms with Crippen LogP contribution in [0.15, 0.2) is 35.7 Å². The van der Waals surface area contributed by atoms with Gasteiger partial charge in [-0.05, 0) is 12.1 Å². The Balaban J connectivity index is 2.03. The fraction of sp³-hybridized carbons (Fsp3) is 0.273. The van der Waals surface area contributed by atoms with E-state index < -0.39 is 10.0 Å². The number of nitrogens with one attached hydrogen (secondary N) is 1. The van der Waals surface area contributed by atoms with Crippen molar-refractivity contribution in [2.45, 2.75) is 11.4 Å². The van der Waals surface area contributed by atoms with E-state index in [1.807, 2.05) is 11.6 Å². The molecule has 0 aromatic carbocycles. The van der Waals surface area contributed by atoms with Gasteiger partial charge in [0.15, 0.2) is 5.03 Å². The number of hydrogen-bond donors (Lipinski definition) is 2. The van der Waals surface area contributed by atoms with E-state index in [4.69, 9.17) is 5.73 Å². The molecule has 0 fully saturated rings. The Labute approximate surface area is 111 Å². The highest BCUT2D eigenvalue weighted by atomic mass is 32.2. The molecule has 0 aliphatic carbocycles. The van der Waals surface area contributed by atoms with Crippen molar-refractivity contribution in [1.29, 1.82) is 0 Å². The quantitative estimate of drug-likeness (QED) is 0.798. The molecule has 2 aromatic rings. The minimum Gasteiger partial charge on any atom is -0.396 e. The largest absolute Gasteiger partial charge is 0.396 e. The molecular weight excluding hydrogens is 266 g/mol. The zero-order valence-electron chi connectivity index (χ0n) is 10.4. The molecular formula is C11H15N5O2S. The topological polar surface area (TPSA) is 103 Å². The van der Waals surface area contributed by atoms with Crippen LogP contribution in [-0.4, -0.2) is 29.5 Å². The summed E-state index contributed by atoms with van der Waals surface area (Å²) in [6.45, 7) is 0.239. The van der Waals surface area contributed by atoms with Gasteiger partial charge in [-0.3, -0.25) is 0 Å². The molecule has 0 radical (unpaired) electrons. The molecule has 0 aliphatic heterocycles. The van der Waals surface area contributed by atoms with Crippen LogP contribution < -0.4 is 10.5 Å². The summed E-state index contributed by atoms with van der Waals surface area (Å²) >= 11 is 0. The van der Waals surface area contributed by atoms with Gasteiger partial charge >= 0.3 is 0 Å². The van der Waals surface area contributed by atoms with Crippen LogP contribution in [0.2, 0.25) is 0 Å². The van der Waals surface area contributed by atoms with Crippen LogP contribution in [0.4, 0.5) is 5.69 Å². The molecule has 2 rings (SSSR count). The fourth-order valence-electron chi connectivity index (χ4n) is 1.63. The van der Waals surface area contributed by atoms with Crippen molar-refractivity contribution in [3.05, 3.63) is 36.5 Å². The van der Waals surface area contributed by atoms with Gasteiger partial charge in [-0.2, -0.15) is 0 Å². The maximum Gasteiger partial charge on any atom is 0.260 e. The lowest BCUT2D eigenvalue weighted by Gasteiger charge is -2.07. The normalized spacial score (nSPS) is 11.6. The van der Waals surface area contributed by atoms with Gasteiger partial charge < -0.3 is 10.3 Å². The monoisotopic (exact) mass is 281 g/mol. The molecule has 0 atom stereocenters. The Morgan fingerprint density at radius 3 is 2.79 bits per heavy atom. The molecule has 7 nitrogen and oxygen atoms in total. The van der Waals surface area contributed by atoms with E-state index in [-0.39, 0.29) is 17.3 Å². The summed E-state index contributed by atoms with van der Waals surface area (Å²) < 4.78 is 28.3. The third-order valence-electron chi connectivity index (χ3n) is 2.62. The summed E-state index contributed by atoms with van der Waals surface area (Å²) in [5.41, 5.74) is 5.73. The number of aromatic nitrogens is 3. The molecule has 0 bridgehead atoms. The van der Waals surface area contributed by atoms with E-state index >= 15 is 0 Å². The zero-order valence-corrected chi connectivity index (χ0v) is 11.3. The maximum atomic E-state index is 12.0. The molecule has 0 aliphatic rings. The molecule has 0 unspecified atom stereocenters. The number of anilines is 1. The van der Waals surface area contributed by atoms with E-state index in [0.717, 1.165) is 5.82 Å². The second kappa shape index (κ2) is 5.37. The van der Waals surface area contributed by atoms with Crippen LogP contribution in [0, 0.1) is 0 Å². The summed E-state index contributed by atoms with van der Waals surface area (Å²) in [5.74, 6) is 0.802. The van der Waals surface area contributed by atoms with Crippen molar-refractivity contribution in [2.24, 2.45) is 7.05 Å². The lowest BCUT2D eigenvalue weighted by molar-refractivity contribution is 0.577. The average Bonchev–Trinajstić information content (AvgIpc) is 2.75. The zero-order chi connectivity index (χ0) is 13.9. The van der Waals surface area contributed by atoms with E-state index in [1.54, 1.807) is 18.5 Å². The molecule has 0 saturated carbocycles. The Hall–Kier alpha value is -1.93. The summed E-state index contributed by atoms with van der Waals surface area (Å²) in [4.78, 5) is 7.90. The summed E-state index contributed by atoms with van der Waals surface area (Å²) in [6.07, 6.45) is 5.36. The second-order valence-corrected chi connectivity index (χ2v) is 5.68. The van der Waals surface area contributed by atoms with Crippen molar-refractivity contribution in [3.63, 3.8) is 0 Å².